The van der Waals surface area contributed by atoms with Crippen molar-refractivity contribution < 1.29 is 4.79 Å². The molecule has 86 valence electrons. The van der Waals surface area contributed by atoms with Gasteiger partial charge in [0, 0.05) is 45.7 Å². The minimum atomic E-state index is -0.236. The summed E-state index contributed by atoms with van der Waals surface area (Å²) in [7, 11) is 0. The number of hydrogen-bond donors (Lipinski definition) is 2. The first kappa shape index (κ1) is 12.4. The molecule has 1 rings (SSSR count). The molecule has 0 bridgehead atoms. The summed E-state index contributed by atoms with van der Waals surface area (Å²) in [5.74, 6) is -0.236. The summed E-state index contributed by atoms with van der Waals surface area (Å²) < 4.78 is 0. The molecule has 1 saturated heterocycles. The van der Waals surface area contributed by atoms with Crippen LogP contribution in [0.5, 0.6) is 0 Å². The Bertz CT molecular complexity index is 238. The quantitative estimate of drug-likeness (QED) is 0.578. The molecule has 0 unspecified atom stereocenters. The van der Waals surface area contributed by atoms with Crippen molar-refractivity contribution in [3.63, 3.8) is 0 Å². The number of hydrogen-bond acceptors (Lipinski definition) is 4. The van der Waals surface area contributed by atoms with Gasteiger partial charge in [0.05, 0.1) is 4.99 Å². The topological polar surface area (TPSA) is 75.6 Å². The van der Waals surface area contributed by atoms with E-state index >= 15 is 0 Å². The lowest BCUT2D eigenvalue weighted by Crippen LogP contribution is -2.49. The summed E-state index contributed by atoms with van der Waals surface area (Å²) in [5.41, 5.74) is 10.6. The molecule has 0 aromatic carbocycles. The second kappa shape index (κ2) is 5.99. The molecule has 1 aliphatic rings. The van der Waals surface area contributed by atoms with E-state index in [1.807, 2.05) is 0 Å². The van der Waals surface area contributed by atoms with Crippen molar-refractivity contribution in [3.8, 4) is 0 Å². The molecule has 0 saturated carbocycles. The molecule has 1 amide bonds. The zero-order valence-corrected chi connectivity index (χ0v) is 9.63. The molecule has 6 heteroatoms. The maximum absolute atomic E-state index is 10.6. The number of nitrogens with zero attached hydrogens (tertiary/aromatic N) is 2. The third-order valence-electron chi connectivity index (χ3n) is 2.52. The molecule has 0 aromatic rings. The highest BCUT2D eigenvalue weighted by molar-refractivity contribution is 7.80. The van der Waals surface area contributed by atoms with Crippen LogP contribution < -0.4 is 11.5 Å². The van der Waals surface area contributed by atoms with E-state index in [9.17, 15) is 4.79 Å². The van der Waals surface area contributed by atoms with E-state index in [0.29, 0.717) is 18.0 Å². The number of rotatable bonds is 5. The van der Waals surface area contributed by atoms with Crippen molar-refractivity contribution in [3.05, 3.63) is 0 Å². The highest BCUT2D eigenvalue weighted by Crippen LogP contribution is 2.01. The molecule has 4 N–H and O–H groups in total. The molecule has 0 atom stereocenters. The summed E-state index contributed by atoms with van der Waals surface area (Å²) in [6.07, 6.45) is 0.440. The first-order chi connectivity index (χ1) is 7.08. The van der Waals surface area contributed by atoms with Crippen molar-refractivity contribution >= 4 is 23.1 Å². The molecule has 0 aliphatic carbocycles. The largest absolute Gasteiger partial charge is 0.392 e. The van der Waals surface area contributed by atoms with Gasteiger partial charge in [-0.15, -0.1) is 0 Å². The minimum absolute atomic E-state index is 0.236. The van der Waals surface area contributed by atoms with Crippen LogP contribution in [0.2, 0.25) is 0 Å². The van der Waals surface area contributed by atoms with Crippen LogP contribution in [0.1, 0.15) is 6.42 Å². The van der Waals surface area contributed by atoms with Crippen LogP contribution in [0.4, 0.5) is 0 Å². The van der Waals surface area contributed by atoms with Crippen LogP contribution in [0.3, 0.4) is 0 Å². The van der Waals surface area contributed by atoms with Crippen LogP contribution >= 0.6 is 12.2 Å². The Morgan fingerprint density at radius 2 is 1.67 bits per heavy atom. The molecule has 1 fully saturated rings. The summed E-state index contributed by atoms with van der Waals surface area (Å²) in [5, 5.41) is 0. The number of carbonyl (C=O) groups is 1. The van der Waals surface area contributed by atoms with Crippen LogP contribution in [-0.2, 0) is 4.79 Å². The van der Waals surface area contributed by atoms with Crippen molar-refractivity contribution in [1.82, 2.24) is 9.80 Å². The molecular weight excluding hydrogens is 212 g/mol. The third-order valence-corrected chi connectivity index (χ3v) is 2.65. The number of nitrogens with two attached hydrogens (primary N) is 2. The van der Waals surface area contributed by atoms with Crippen molar-refractivity contribution in [2.45, 2.75) is 6.42 Å². The van der Waals surface area contributed by atoms with Crippen LogP contribution in [0.15, 0.2) is 0 Å². The van der Waals surface area contributed by atoms with Crippen LogP contribution in [-0.4, -0.2) is 60.0 Å². The van der Waals surface area contributed by atoms with Crippen LogP contribution in [0.25, 0.3) is 0 Å². The van der Waals surface area contributed by atoms with Gasteiger partial charge in [0.15, 0.2) is 0 Å². The fourth-order valence-electron chi connectivity index (χ4n) is 1.66. The molecule has 1 heterocycles. The van der Waals surface area contributed by atoms with Gasteiger partial charge in [-0.05, 0) is 0 Å². The summed E-state index contributed by atoms with van der Waals surface area (Å²) in [6.45, 7) is 5.27. The average molecular weight is 230 g/mol. The Balaban J connectivity index is 2.18. The van der Waals surface area contributed by atoms with E-state index in [0.717, 1.165) is 32.7 Å². The van der Waals surface area contributed by atoms with Gasteiger partial charge in [-0.1, -0.05) is 12.2 Å². The summed E-state index contributed by atoms with van der Waals surface area (Å²) in [6, 6.07) is 0. The van der Waals surface area contributed by atoms with Gasteiger partial charge < -0.3 is 16.4 Å². The van der Waals surface area contributed by atoms with Crippen molar-refractivity contribution in [2.24, 2.45) is 11.5 Å². The zero-order valence-electron chi connectivity index (χ0n) is 8.82. The maximum atomic E-state index is 10.6. The molecule has 0 spiro atoms. The molecule has 15 heavy (non-hydrogen) atoms. The van der Waals surface area contributed by atoms with E-state index < -0.39 is 0 Å². The number of primary amides is 1. The summed E-state index contributed by atoms with van der Waals surface area (Å²) >= 11 is 4.85. The molecule has 0 aromatic heterocycles. The Morgan fingerprint density at radius 3 is 2.13 bits per heavy atom. The van der Waals surface area contributed by atoms with Gasteiger partial charge >= 0.3 is 0 Å². The Labute approximate surface area is 95.4 Å². The molecule has 0 radical (unpaired) electrons. The molecule has 5 nitrogen and oxygen atoms in total. The van der Waals surface area contributed by atoms with Gasteiger partial charge in [0.25, 0.3) is 0 Å². The van der Waals surface area contributed by atoms with Crippen LogP contribution in [0, 0.1) is 0 Å². The third kappa shape index (κ3) is 5.06. The summed E-state index contributed by atoms with van der Waals surface area (Å²) in [4.78, 5) is 15.6. The predicted octanol–water partition coefficient (Wildman–Crippen LogP) is -1.23. The highest BCUT2D eigenvalue weighted by atomic mass is 32.1. The Hall–Kier alpha value is -0.720. The second-order valence-corrected chi connectivity index (χ2v) is 4.32. The van der Waals surface area contributed by atoms with Gasteiger partial charge in [0.2, 0.25) is 5.91 Å². The van der Waals surface area contributed by atoms with E-state index in [4.69, 9.17) is 23.7 Å². The second-order valence-electron chi connectivity index (χ2n) is 3.80. The van der Waals surface area contributed by atoms with Crippen molar-refractivity contribution in [1.29, 1.82) is 0 Å². The Kier molecular flexibility index (Phi) is 4.93. The van der Waals surface area contributed by atoms with Gasteiger partial charge in [-0.3, -0.25) is 9.69 Å². The molecular formula is C9H18N4OS. The van der Waals surface area contributed by atoms with E-state index in [2.05, 4.69) is 9.80 Å². The first-order valence-corrected chi connectivity index (χ1v) is 5.50. The van der Waals surface area contributed by atoms with Gasteiger partial charge in [-0.25, -0.2) is 0 Å². The number of carbonyl (C=O) groups excluding carboxylic acids is 1. The van der Waals surface area contributed by atoms with E-state index in [1.54, 1.807) is 0 Å². The SMILES string of the molecule is NC(=O)CCN1CCN(CC(N)=S)CC1. The highest BCUT2D eigenvalue weighted by Gasteiger charge is 2.16. The van der Waals surface area contributed by atoms with Crippen molar-refractivity contribution in [2.75, 3.05) is 39.3 Å². The normalized spacial score (nSPS) is 18.9. The first-order valence-electron chi connectivity index (χ1n) is 5.09. The minimum Gasteiger partial charge on any atom is -0.392 e. The number of thiocarbonyl (C=S) groups is 1. The fraction of sp³-hybridized carbons (Fsp3) is 0.778. The lowest BCUT2D eigenvalue weighted by atomic mass is 10.3. The van der Waals surface area contributed by atoms with Gasteiger partial charge in [-0.2, -0.15) is 0 Å². The lowest BCUT2D eigenvalue weighted by Gasteiger charge is -2.34. The van der Waals surface area contributed by atoms with Gasteiger partial charge in [0.1, 0.15) is 0 Å². The monoisotopic (exact) mass is 230 g/mol. The smallest absolute Gasteiger partial charge is 0.218 e. The molecule has 1 aliphatic heterocycles. The lowest BCUT2D eigenvalue weighted by molar-refractivity contribution is -0.118. The van der Waals surface area contributed by atoms with E-state index in [-0.39, 0.29) is 5.91 Å². The fourth-order valence-corrected chi connectivity index (χ4v) is 1.84. The predicted molar refractivity (Wildman–Crippen MR) is 63.5 cm³/mol. The number of amides is 1. The standard InChI is InChI=1S/C9H18N4OS/c10-8(14)1-2-12-3-5-13(6-4-12)7-9(11)15/h1-7H2,(H2,10,14)(H2,11,15). The average Bonchev–Trinajstić information content (AvgIpc) is 2.16. The van der Waals surface area contributed by atoms with E-state index in [1.165, 1.54) is 0 Å². The maximum Gasteiger partial charge on any atom is 0.218 e. The zero-order chi connectivity index (χ0) is 11.3. The Morgan fingerprint density at radius 1 is 1.13 bits per heavy atom. The number of piperazine rings is 1.